The number of hydrogen-bond donors (Lipinski definition) is 0. The number of fused-ring (bicyclic) bond motifs is 2. The summed E-state index contributed by atoms with van der Waals surface area (Å²) in [6.45, 7) is 0.375. The average Bonchev–Trinajstić information content (AvgIpc) is 3.36. The first-order valence-corrected chi connectivity index (χ1v) is 13.8. The maximum absolute atomic E-state index is 13.6. The molecule has 0 spiro atoms. The van der Waals surface area contributed by atoms with Crippen LogP contribution in [0.4, 0.5) is 0 Å². The maximum Gasteiger partial charge on any atom is 0.282 e. The molecule has 0 bridgehead atoms. The van der Waals surface area contributed by atoms with Gasteiger partial charge in [0.1, 0.15) is 17.9 Å². The van der Waals surface area contributed by atoms with E-state index in [4.69, 9.17) is 25.7 Å². The second kappa shape index (κ2) is 10.8. The van der Waals surface area contributed by atoms with Gasteiger partial charge in [0.2, 0.25) is 5.82 Å². The zero-order valence-corrected chi connectivity index (χ0v) is 24.1. The van der Waals surface area contributed by atoms with Crippen molar-refractivity contribution in [2.24, 2.45) is 5.10 Å². The monoisotopic (exact) mass is 661 g/mol. The van der Waals surface area contributed by atoms with Gasteiger partial charge in [0.05, 0.1) is 17.1 Å². The highest BCUT2D eigenvalue weighted by Gasteiger charge is 2.17. The molecule has 0 fully saturated rings. The average molecular weight is 664 g/mol. The van der Waals surface area contributed by atoms with Crippen molar-refractivity contribution >= 4 is 71.5 Å². The molecule has 6 aromatic rings. The summed E-state index contributed by atoms with van der Waals surface area (Å²) in [7, 11) is 0. The van der Waals surface area contributed by atoms with Crippen LogP contribution in [0, 0.1) is 0 Å². The minimum Gasteiger partial charge on any atom is -0.488 e. The SMILES string of the molecule is O=c1c2ccccc2nc(-c2cc3cc(Cl)ccc3o2)n1N=Cc1cc(Br)ccc1OCc1ccc(Br)cc1. The van der Waals surface area contributed by atoms with E-state index < -0.39 is 0 Å². The largest absolute Gasteiger partial charge is 0.488 e. The van der Waals surface area contributed by atoms with Gasteiger partial charge in [-0.2, -0.15) is 9.78 Å². The lowest BCUT2D eigenvalue weighted by Gasteiger charge is -2.11. The highest BCUT2D eigenvalue weighted by Crippen LogP contribution is 2.29. The molecular weight excluding hydrogens is 646 g/mol. The van der Waals surface area contributed by atoms with E-state index in [1.54, 1.807) is 48.7 Å². The van der Waals surface area contributed by atoms with E-state index >= 15 is 0 Å². The van der Waals surface area contributed by atoms with Gasteiger partial charge in [-0.15, -0.1) is 0 Å². The van der Waals surface area contributed by atoms with Gasteiger partial charge in [0, 0.05) is 24.9 Å². The summed E-state index contributed by atoms with van der Waals surface area (Å²) in [6.07, 6.45) is 1.59. The summed E-state index contributed by atoms with van der Waals surface area (Å²) in [5.41, 5.74) is 2.55. The van der Waals surface area contributed by atoms with Crippen molar-refractivity contribution in [2.75, 3.05) is 0 Å². The first-order chi connectivity index (χ1) is 18.9. The third kappa shape index (κ3) is 5.41. The van der Waals surface area contributed by atoms with Crippen LogP contribution in [0.15, 0.2) is 114 Å². The third-order valence-corrected chi connectivity index (χ3v) is 7.30. The van der Waals surface area contributed by atoms with Crippen molar-refractivity contribution in [3.8, 4) is 17.3 Å². The van der Waals surface area contributed by atoms with E-state index in [0.29, 0.717) is 45.2 Å². The number of benzene rings is 4. The molecule has 0 saturated carbocycles. The van der Waals surface area contributed by atoms with Gasteiger partial charge in [0.25, 0.3) is 5.56 Å². The van der Waals surface area contributed by atoms with Crippen molar-refractivity contribution < 1.29 is 9.15 Å². The van der Waals surface area contributed by atoms with Crippen LogP contribution in [0.3, 0.4) is 0 Å². The van der Waals surface area contributed by atoms with E-state index in [2.05, 4.69) is 37.0 Å². The molecule has 0 atom stereocenters. The Labute approximate surface area is 244 Å². The van der Waals surface area contributed by atoms with Crippen LogP contribution in [0.25, 0.3) is 33.5 Å². The lowest BCUT2D eigenvalue weighted by molar-refractivity contribution is 0.305. The molecule has 6 nitrogen and oxygen atoms in total. The van der Waals surface area contributed by atoms with Crippen LogP contribution in [-0.4, -0.2) is 15.9 Å². The molecule has 2 heterocycles. The highest BCUT2D eigenvalue weighted by molar-refractivity contribution is 9.10. The number of halogens is 3. The van der Waals surface area contributed by atoms with Gasteiger partial charge in [-0.1, -0.05) is 67.7 Å². The van der Waals surface area contributed by atoms with Gasteiger partial charge in [0.15, 0.2) is 5.76 Å². The lowest BCUT2D eigenvalue weighted by atomic mass is 10.2. The van der Waals surface area contributed by atoms with E-state index in [0.717, 1.165) is 19.9 Å². The Hall–Kier alpha value is -3.72. The predicted octanol–water partition coefficient (Wildman–Crippen LogP) is 8.45. The molecule has 9 heteroatoms. The molecule has 0 unspecified atom stereocenters. The second-order valence-corrected chi connectivity index (χ2v) is 11.0. The molecule has 0 aliphatic rings. The summed E-state index contributed by atoms with van der Waals surface area (Å²) in [4.78, 5) is 18.3. The number of aromatic nitrogens is 2. The Balaban J connectivity index is 1.44. The Bertz CT molecular complexity index is 1930. The molecule has 2 aromatic heterocycles. The predicted molar refractivity (Wildman–Crippen MR) is 162 cm³/mol. The molecule has 0 saturated heterocycles. The van der Waals surface area contributed by atoms with Crippen LogP contribution < -0.4 is 10.3 Å². The minimum absolute atomic E-state index is 0.273. The molecule has 0 N–H and O–H groups in total. The zero-order valence-electron chi connectivity index (χ0n) is 20.1. The minimum atomic E-state index is -0.322. The molecule has 6 rings (SSSR count). The van der Waals surface area contributed by atoms with Gasteiger partial charge in [-0.05, 0) is 72.3 Å². The number of nitrogens with zero attached hydrogens (tertiary/aromatic N) is 3. The summed E-state index contributed by atoms with van der Waals surface area (Å²) < 4.78 is 15.3. The molecule has 4 aromatic carbocycles. The molecule has 192 valence electrons. The summed E-state index contributed by atoms with van der Waals surface area (Å²) in [5, 5.41) is 6.41. The van der Waals surface area contributed by atoms with Crippen LogP contribution in [-0.2, 0) is 6.61 Å². The van der Waals surface area contributed by atoms with Gasteiger partial charge in [-0.25, -0.2) is 4.98 Å². The third-order valence-electron chi connectivity index (χ3n) is 6.04. The van der Waals surface area contributed by atoms with E-state index in [-0.39, 0.29) is 11.4 Å². The number of rotatable bonds is 6. The quantitative estimate of drug-likeness (QED) is 0.168. The standard InChI is InChI=1S/C30H18Br2ClN3O3/c31-21-7-5-18(6-8-21)17-38-26-11-9-22(32)13-20(26)16-34-36-29(35-25-4-2-1-3-24(25)30(36)37)28-15-19-14-23(33)10-12-27(19)39-28/h1-16H,17H2. The second-order valence-electron chi connectivity index (χ2n) is 8.70. The van der Waals surface area contributed by atoms with Crippen LogP contribution >= 0.6 is 43.5 Å². The van der Waals surface area contributed by atoms with E-state index in [1.807, 2.05) is 48.5 Å². The van der Waals surface area contributed by atoms with Crippen molar-refractivity contribution in [3.05, 3.63) is 126 Å². The van der Waals surface area contributed by atoms with Crippen LogP contribution in [0.2, 0.25) is 5.02 Å². The van der Waals surface area contributed by atoms with E-state index in [9.17, 15) is 4.79 Å². The van der Waals surface area contributed by atoms with Crippen LogP contribution in [0.1, 0.15) is 11.1 Å². The fourth-order valence-corrected chi connectivity index (χ4v) is 4.95. The number of hydrogen-bond acceptors (Lipinski definition) is 5. The van der Waals surface area contributed by atoms with Crippen LogP contribution in [0.5, 0.6) is 5.75 Å². The van der Waals surface area contributed by atoms with Crippen molar-refractivity contribution in [1.82, 2.24) is 9.66 Å². The van der Waals surface area contributed by atoms with Crippen molar-refractivity contribution in [3.63, 3.8) is 0 Å². The van der Waals surface area contributed by atoms with Gasteiger partial charge < -0.3 is 9.15 Å². The number of para-hydroxylation sites is 1. The molecule has 39 heavy (non-hydrogen) atoms. The Kier molecular flexibility index (Phi) is 7.08. The maximum atomic E-state index is 13.6. The Morgan fingerprint density at radius 2 is 1.74 bits per heavy atom. The molecule has 0 aliphatic heterocycles. The van der Waals surface area contributed by atoms with Gasteiger partial charge >= 0.3 is 0 Å². The fourth-order valence-electron chi connectivity index (χ4n) is 4.13. The Morgan fingerprint density at radius 1 is 0.949 bits per heavy atom. The number of ether oxygens (including phenoxy) is 1. The Morgan fingerprint density at radius 3 is 2.59 bits per heavy atom. The summed E-state index contributed by atoms with van der Waals surface area (Å²) in [6, 6.07) is 27.8. The fraction of sp³-hybridized carbons (Fsp3) is 0.0333. The first kappa shape index (κ1) is 25.6. The van der Waals surface area contributed by atoms with Crippen molar-refractivity contribution in [1.29, 1.82) is 0 Å². The van der Waals surface area contributed by atoms with E-state index in [1.165, 1.54) is 4.68 Å². The smallest absolute Gasteiger partial charge is 0.282 e. The normalized spacial score (nSPS) is 11.6. The summed E-state index contributed by atoms with van der Waals surface area (Å²) >= 11 is 13.1. The molecular formula is C30H18Br2ClN3O3. The van der Waals surface area contributed by atoms with Crippen molar-refractivity contribution in [2.45, 2.75) is 6.61 Å². The lowest BCUT2D eigenvalue weighted by Crippen LogP contribution is -2.20. The summed E-state index contributed by atoms with van der Waals surface area (Å²) in [5.74, 6) is 1.29. The molecule has 0 aliphatic carbocycles. The van der Waals surface area contributed by atoms with Gasteiger partial charge in [-0.3, -0.25) is 4.79 Å². The highest BCUT2D eigenvalue weighted by atomic mass is 79.9. The molecule has 0 amide bonds. The number of furan rings is 1. The first-order valence-electron chi connectivity index (χ1n) is 11.9. The topological polar surface area (TPSA) is 69.6 Å². The molecule has 0 radical (unpaired) electrons. The zero-order chi connectivity index (χ0) is 26.9.